The van der Waals surface area contributed by atoms with Crippen molar-refractivity contribution in [3.05, 3.63) is 29.8 Å². The highest BCUT2D eigenvalue weighted by molar-refractivity contribution is 7.92. The average Bonchev–Trinajstić information content (AvgIpc) is 2.17. The van der Waals surface area contributed by atoms with E-state index in [2.05, 4.69) is 18.6 Å². The van der Waals surface area contributed by atoms with Gasteiger partial charge in [0.25, 0.3) is 0 Å². The molecule has 0 bridgehead atoms. The number of nitrogens with zero attached hydrogens (tertiary/aromatic N) is 1. The molecule has 0 atom stereocenters. The molecule has 0 spiro atoms. The summed E-state index contributed by atoms with van der Waals surface area (Å²) in [6, 6.07) is 8.74. The fraction of sp³-hybridized carbons (Fsp3) is 0.364. The van der Waals surface area contributed by atoms with Crippen LogP contribution in [0.2, 0.25) is 0 Å². The summed E-state index contributed by atoms with van der Waals surface area (Å²) >= 11 is 0. The Kier molecular flexibility index (Phi) is 3.91. The fourth-order valence-electron chi connectivity index (χ4n) is 1.24. The van der Waals surface area contributed by atoms with Crippen LogP contribution in [0.25, 0.3) is 0 Å². The molecule has 1 aromatic rings. The molecule has 16 heavy (non-hydrogen) atoms. The molecule has 0 aromatic heterocycles. The zero-order valence-corrected chi connectivity index (χ0v) is 10.1. The van der Waals surface area contributed by atoms with Gasteiger partial charge in [-0.05, 0) is 23.6 Å². The molecule has 0 aliphatic rings. The lowest BCUT2D eigenvalue weighted by atomic mass is 10.0. The summed E-state index contributed by atoms with van der Waals surface area (Å²) < 4.78 is 24.9. The molecule has 4 nitrogen and oxygen atoms in total. The number of nitrogens with one attached hydrogen (secondary N) is 1. The highest BCUT2D eigenvalue weighted by Crippen LogP contribution is 2.17. The summed E-state index contributed by atoms with van der Waals surface area (Å²) in [5.41, 5.74) is 1.63. The molecule has 0 saturated heterocycles. The van der Waals surface area contributed by atoms with Crippen LogP contribution >= 0.6 is 0 Å². The quantitative estimate of drug-likeness (QED) is 0.873. The Morgan fingerprint density at radius 1 is 1.31 bits per heavy atom. The van der Waals surface area contributed by atoms with Crippen LogP contribution in [-0.2, 0) is 10.0 Å². The first-order valence-electron chi connectivity index (χ1n) is 4.92. The summed E-state index contributed by atoms with van der Waals surface area (Å²) in [5.74, 6) is -0.122. The van der Waals surface area contributed by atoms with Crippen LogP contribution in [0.1, 0.15) is 25.3 Å². The first-order chi connectivity index (χ1) is 7.44. The van der Waals surface area contributed by atoms with Gasteiger partial charge in [0.1, 0.15) is 0 Å². The Morgan fingerprint density at radius 2 is 1.88 bits per heavy atom. The molecule has 1 aromatic carbocycles. The molecule has 0 aliphatic heterocycles. The average molecular weight is 238 g/mol. The largest absolute Gasteiger partial charge is 0.283 e. The molecule has 1 rings (SSSR count). The number of hydrogen-bond donors (Lipinski definition) is 1. The van der Waals surface area contributed by atoms with Gasteiger partial charge >= 0.3 is 0 Å². The molecule has 1 N–H and O–H groups in total. The lowest BCUT2D eigenvalue weighted by Gasteiger charge is -2.08. The van der Waals surface area contributed by atoms with Crippen LogP contribution in [0.15, 0.2) is 24.3 Å². The van der Waals surface area contributed by atoms with E-state index >= 15 is 0 Å². The summed E-state index contributed by atoms with van der Waals surface area (Å²) in [6.07, 6.45) is 0. The molecule has 0 aliphatic carbocycles. The van der Waals surface area contributed by atoms with Crippen LogP contribution in [0.5, 0.6) is 0 Å². The van der Waals surface area contributed by atoms with Gasteiger partial charge in [-0.2, -0.15) is 5.26 Å². The monoisotopic (exact) mass is 238 g/mol. The maximum absolute atomic E-state index is 11.3. The van der Waals surface area contributed by atoms with Gasteiger partial charge < -0.3 is 0 Å². The van der Waals surface area contributed by atoms with E-state index < -0.39 is 15.8 Å². The van der Waals surface area contributed by atoms with E-state index in [0.717, 1.165) is 5.56 Å². The lowest BCUT2D eigenvalue weighted by Crippen LogP contribution is -2.15. The minimum absolute atomic E-state index is 0.407. The predicted molar refractivity (Wildman–Crippen MR) is 63.6 cm³/mol. The van der Waals surface area contributed by atoms with E-state index in [1.54, 1.807) is 18.2 Å². The van der Waals surface area contributed by atoms with Crippen molar-refractivity contribution in [2.24, 2.45) is 0 Å². The van der Waals surface area contributed by atoms with E-state index in [-0.39, 0.29) is 0 Å². The predicted octanol–water partition coefficient (Wildman–Crippen LogP) is 2.08. The van der Waals surface area contributed by atoms with Crippen molar-refractivity contribution < 1.29 is 8.42 Å². The van der Waals surface area contributed by atoms with Crippen molar-refractivity contribution in [2.45, 2.75) is 19.8 Å². The van der Waals surface area contributed by atoms with Gasteiger partial charge in [0, 0.05) is 5.69 Å². The van der Waals surface area contributed by atoms with Crippen molar-refractivity contribution in [1.82, 2.24) is 0 Å². The van der Waals surface area contributed by atoms with Crippen molar-refractivity contribution in [3.63, 3.8) is 0 Å². The zero-order chi connectivity index (χ0) is 12.2. The number of sulfonamides is 1. The first-order valence-corrected chi connectivity index (χ1v) is 6.57. The van der Waals surface area contributed by atoms with Crippen LogP contribution in [0.3, 0.4) is 0 Å². The molecule has 5 heteroatoms. The van der Waals surface area contributed by atoms with Crippen molar-refractivity contribution in [1.29, 1.82) is 5.26 Å². The third kappa shape index (κ3) is 3.55. The standard InChI is InChI=1S/C11H14N2O2S/c1-9(2)10-3-5-11(6-4-10)13-16(14,15)8-7-12/h3-6,9,13H,8H2,1-2H3. The van der Waals surface area contributed by atoms with Crippen molar-refractivity contribution in [2.75, 3.05) is 10.5 Å². The van der Waals surface area contributed by atoms with Gasteiger partial charge in [-0.3, -0.25) is 4.72 Å². The summed E-state index contributed by atoms with van der Waals surface area (Å²) in [6.45, 7) is 4.13. The highest BCUT2D eigenvalue weighted by atomic mass is 32.2. The Labute approximate surface area is 96.0 Å². The number of nitriles is 1. The first kappa shape index (κ1) is 12.5. The number of hydrogen-bond acceptors (Lipinski definition) is 3. The van der Waals surface area contributed by atoms with E-state index in [0.29, 0.717) is 11.6 Å². The third-order valence-corrected chi connectivity index (χ3v) is 3.16. The number of anilines is 1. The Balaban J connectivity index is 2.81. The van der Waals surface area contributed by atoms with E-state index in [1.165, 1.54) is 0 Å². The molecule has 0 heterocycles. The second-order valence-corrected chi connectivity index (χ2v) is 5.52. The SMILES string of the molecule is CC(C)c1ccc(NS(=O)(=O)CC#N)cc1. The smallest absolute Gasteiger partial charge is 0.246 e. The maximum Gasteiger partial charge on any atom is 0.246 e. The van der Waals surface area contributed by atoms with Gasteiger partial charge in [0.05, 0.1) is 6.07 Å². The fourth-order valence-corrected chi connectivity index (χ4v) is 1.97. The van der Waals surface area contributed by atoms with Crippen LogP contribution in [0.4, 0.5) is 5.69 Å². The third-order valence-electron chi connectivity index (χ3n) is 2.11. The molecule has 0 saturated carbocycles. The molecular weight excluding hydrogens is 224 g/mol. The van der Waals surface area contributed by atoms with E-state index in [1.807, 2.05) is 12.1 Å². The zero-order valence-electron chi connectivity index (χ0n) is 9.27. The summed E-state index contributed by atoms with van der Waals surface area (Å²) in [5, 5.41) is 8.33. The lowest BCUT2D eigenvalue weighted by molar-refractivity contribution is 0.604. The highest BCUT2D eigenvalue weighted by Gasteiger charge is 2.09. The Bertz CT molecular complexity index is 484. The van der Waals surface area contributed by atoms with Gasteiger partial charge in [0.2, 0.25) is 10.0 Å². The molecule has 0 unspecified atom stereocenters. The Morgan fingerprint density at radius 3 is 2.31 bits per heavy atom. The molecule has 86 valence electrons. The maximum atomic E-state index is 11.3. The van der Waals surface area contributed by atoms with Gasteiger partial charge in [-0.25, -0.2) is 8.42 Å². The molecule has 0 fully saturated rings. The summed E-state index contributed by atoms with van der Waals surface area (Å²) in [4.78, 5) is 0. The van der Waals surface area contributed by atoms with Crippen LogP contribution in [0, 0.1) is 11.3 Å². The van der Waals surface area contributed by atoms with Crippen molar-refractivity contribution in [3.8, 4) is 6.07 Å². The molecular formula is C11H14N2O2S. The van der Waals surface area contributed by atoms with Gasteiger partial charge in [0.15, 0.2) is 5.75 Å². The van der Waals surface area contributed by atoms with Crippen LogP contribution in [-0.4, -0.2) is 14.2 Å². The topological polar surface area (TPSA) is 70.0 Å². The number of rotatable bonds is 4. The normalized spacial score (nSPS) is 11.1. The second kappa shape index (κ2) is 4.99. The van der Waals surface area contributed by atoms with E-state index in [9.17, 15) is 8.42 Å². The second-order valence-electron chi connectivity index (χ2n) is 3.80. The molecule has 0 radical (unpaired) electrons. The van der Waals surface area contributed by atoms with E-state index in [4.69, 9.17) is 5.26 Å². The van der Waals surface area contributed by atoms with Crippen LogP contribution < -0.4 is 4.72 Å². The van der Waals surface area contributed by atoms with Gasteiger partial charge in [-0.15, -0.1) is 0 Å². The molecule has 0 amide bonds. The van der Waals surface area contributed by atoms with Gasteiger partial charge in [-0.1, -0.05) is 26.0 Å². The number of benzene rings is 1. The van der Waals surface area contributed by atoms with Crippen molar-refractivity contribution >= 4 is 15.7 Å². The minimum Gasteiger partial charge on any atom is -0.283 e. The Hall–Kier alpha value is -1.54. The summed E-state index contributed by atoms with van der Waals surface area (Å²) in [7, 11) is -3.53. The minimum atomic E-state index is -3.53.